The molecule has 2 aromatic carbocycles. The second-order valence-corrected chi connectivity index (χ2v) is 7.03. The number of para-hydroxylation sites is 1. The number of carbonyl (C=O) groups excluding carboxylic acids is 2. The average Bonchev–Trinajstić information content (AvgIpc) is 2.82. The normalized spacial score (nSPS) is 15.8. The Kier molecular flexibility index (Phi) is 6.71. The van der Waals surface area contributed by atoms with Crippen molar-refractivity contribution in [3.05, 3.63) is 81.8 Å². The van der Waals surface area contributed by atoms with Crippen LogP contribution in [0.3, 0.4) is 0 Å². The SMILES string of the molecule is COC(=O)C1=C(C(=O)OC)N(c2cccc(Cl)c2OC)C(N)=C(C#N)C1c1ccccc1. The van der Waals surface area contributed by atoms with Crippen molar-refractivity contribution in [2.24, 2.45) is 5.73 Å². The molecule has 0 aromatic heterocycles. The van der Waals surface area contributed by atoms with Crippen LogP contribution in [0.15, 0.2) is 71.2 Å². The number of methoxy groups -OCH3 is 3. The fourth-order valence-corrected chi connectivity index (χ4v) is 3.89. The van der Waals surface area contributed by atoms with Gasteiger partial charge < -0.3 is 19.9 Å². The number of ether oxygens (including phenoxy) is 3. The molecule has 1 heterocycles. The van der Waals surface area contributed by atoms with Gasteiger partial charge in [0.2, 0.25) is 0 Å². The number of esters is 2. The lowest BCUT2D eigenvalue weighted by atomic mass is 9.81. The van der Waals surface area contributed by atoms with Crippen molar-refractivity contribution < 1.29 is 23.8 Å². The van der Waals surface area contributed by atoms with Gasteiger partial charge in [-0.05, 0) is 17.7 Å². The number of allylic oxidation sites excluding steroid dienone is 1. The number of carbonyl (C=O) groups is 2. The quantitative estimate of drug-likeness (QED) is 0.686. The number of halogens is 1. The van der Waals surface area contributed by atoms with Crippen molar-refractivity contribution in [3.8, 4) is 11.8 Å². The molecule has 32 heavy (non-hydrogen) atoms. The number of benzene rings is 2. The van der Waals surface area contributed by atoms with Gasteiger partial charge in [0.15, 0.2) is 5.75 Å². The third-order valence-electron chi connectivity index (χ3n) is 5.00. The Balaban J connectivity index is 2.46. The van der Waals surface area contributed by atoms with Crippen LogP contribution >= 0.6 is 11.6 Å². The first-order valence-electron chi connectivity index (χ1n) is 9.39. The molecule has 1 aliphatic rings. The van der Waals surface area contributed by atoms with E-state index >= 15 is 0 Å². The summed E-state index contributed by atoms with van der Waals surface area (Å²) in [5, 5.41) is 10.3. The molecule has 0 saturated heterocycles. The molecule has 0 saturated carbocycles. The maximum atomic E-state index is 13.0. The molecule has 3 rings (SSSR count). The van der Waals surface area contributed by atoms with Gasteiger partial charge in [-0.25, -0.2) is 9.59 Å². The van der Waals surface area contributed by atoms with Crippen LogP contribution in [0.2, 0.25) is 5.02 Å². The third-order valence-corrected chi connectivity index (χ3v) is 5.30. The maximum absolute atomic E-state index is 13.0. The Hall–Kier alpha value is -3.96. The van der Waals surface area contributed by atoms with Crippen LogP contribution in [-0.2, 0) is 19.1 Å². The van der Waals surface area contributed by atoms with Crippen molar-refractivity contribution in [2.45, 2.75) is 5.92 Å². The summed E-state index contributed by atoms with van der Waals surface area (Å²) < 4.78 is 15.4. The molecular formula is C23H20ClN3O5. The molecule has 0 fully saturated rings. The number of anilines is 1. The van der Waals surface area contributed by atoms with Crippen molar-refractivity contribution in [3.63, 3.8) is 0 Å². The number of nitriles is 1. The molecule has 1 aliphatic heterocycles. The zero-order valence-electron chi connectivity index (χ0n) is 17.6. The molecule has 9 heteroatoms. The average molecular weight is 454 g/mol. The van der Waals surface area contributed by atoms with E-state index in [1.165, 1.54) is 26.2 Å². The van der Waals surface area contributed by atoms with Crippen LogP contribution < -0.4 is 15.4 Å². The van der Waals surface area contributed by atoms with Crippen LogP contribution in [0.5, 0.6) is 5.75 Å². The molecule has 0 radical (unpaired) electrons. The molecule has 0 amide bonds. The fraction of sp³-hybridized carbons (Fsp3) is 0.174. The van der Waals surface area contributed by atoms with Crippen LogP contribution in [0.4, 0.5) is 5.69 Å². The van der Waals surface area contributed by atoms with E-state index in [-0.39, 0.29) is 39.1 Å². The Morgan fingerprint density at radius 1 is 1.03 bits per heavy atom. The molecule has 0 spiro atoms. The standard InChI is InChI=1S/C23H20ClN3O5/c1-30-20-15(24)10-7-11-16(20)27-19(23(29)32-3)18(22(28)31-2)17(14(12-25)21(27)26)13-8-5-4-6-9-13/h4-11,17H,26H2,1-3H3. The van der Waals surface area contributed by atoms with Crippen LogP contribution in [0.1, 0.15) is 11.5 Å². The topological polar surface area (TPSA) is 115 Å². The second kappa shape index (κ2) is 9.45. The van der Waals surface area contributed by atoms with Gasteiger partial charge in [-0.15, -0.1) is 0 Å². The summed E-state index contributed by atoms with van der Waals surface area (Å²) in [5.41, 5.74) is 7.01. The maximum Gasteiger partial charge on any atom is 0.355 e. The number of nitrogens with two attached hydrogens (primary N) is 1. The Labute approximate surface area is 190 Å². The van der Waals surface area contributed by atoms with Gasteiger partial charge in [0.25, 0.3) is 0 Å². The first kappa shape index (κ1) is 22.7. The van der Waals surface area contributed by atoms with Gasteiger partial charge in [0, 0.05) is 0 Å². The molecule has 0 bridgehead atoms. The fourth-order valence-electron chi connectivity index (χ4n) is 3.64. The van der Waals surface area contributed by atoms with E-state index in [1.807, 2.05) is 0 Å². The van der Waals surface area contributed by atoms with E-state index in [0.29, 0.717) is 5.56 Å². The predicted octanol–water partition coefficient (Wildman–Crippen LogP) is 3.25. The lowest BCUT2D eigenvalue weighted by molar-refractivity contribution is -0.139. The van der Waals surface area contributed by atoms with Gasteiger partial charge in [0.05, 0.1) is 55.2 Å². The zero-order valence-corrected chi connectivity index (χ0v) is 18.3. The van der Waals surface area contributed by atoms with Crippen molar-refractivity contribution in [1.82, 2.24) is 0 Å². The Bertz CT molecular complexity index is 1170. The van der Waals surface area contributed by atoms with Crippen molar-refractivity contribution in [1.29, 1.82) is 5.26 Å². The third kappa shape index (κ3) is 3.74. The minimum Gasteiger partial charge on any atom is -0.493 e. The number of rotatable bonds is 5. The van der Waals surface area contributed by atoms with Crippen LogP contribution in [0.25, 0.3) is 0 Å². The van der Waals surface area contributed by atoms with E-state index in [1.54, 1.807) is 48.5 Å². The van der Waals surface area contributed by atoms with Crippen LogP contribution in [-0.4, -0.2) is 33.3 Å². The van der Waals surface area contributed by atoms with Crippen molar-refractivity contribution in [2.75, 3.05) is 26.2 Å². The molecule has 1 atom stereocenters. The van der Waals surface area contributed by atoms with Gasteiger partial charge in [-0.2, -0.15) is 5.26 Å². The number of hydrogen-bond acceptors (Lipinski definition) is 8. The molecule has 164 valence electrons. The molecule has 2 N–H and O–H groups in total. The summed E-state index contributed by atoms with van der Waals surface area (Å²) in [7, 11) is 3.76. The first-order chi connectivity index (χ1) is 15.4. The van der Waals surface area contributed by atoms with Crippen molar-refractivity contribution >= 4 is 29.2 Å². The summed E-state index contributed by atoms with van der Waals surface area (Å²) in [6.07, 6.45) is 0. The smallest absolute Gasteiger partial charge is 0.355 e. The number of hydrogen-bond donors (Lipinski definition) is 1. The molecule has 2 aromatic rings. The summed E-state index contributed by atoms with van der Waals surface area (Å²) in [4.78, 5) is 27.3. The van der Waals surface area contributed by atoms with Gasteiger partial charge in [-0.1, -0.05) is 48.0 Å². The minimum absolute atomic E-state index is 0.0475. The van der Waals surface area contributed by atoms with E-state index in [4.69, 9.17) is 31.5 Å². The summed E-state index contributed by atoms with van der Waals surface area (Å²) in [6.45, 7) is 0. The number of nitrogens with zero attached hydrogens (tertiary/aromatic N) is 2. The molecule has 1 unspecified atom stereocenters. The molecule has 0 aliphatic carbocycles. The molecule has 8 nitrogen and oxygen atoms in total. The highest BCUT2D eigenvalue weighted by atomic mass is 35.5. The highest BCUT2D eigenvalue weighted by Gasteiger charge is 2.43. The van der Waals surface area contributed by atoms with Crippen LogP contribution in [0, 0.1) is 11.3 Å². The van der Waals surface area contributed by atoms with E-state index in [0.717, 1.165) is 0 Å². The monoisotopic (exact) mass is 453 g/mol. The Morgan fingerprint density at radius 3 is 2.25 bits per heavy atom. The highest BCUT2D eigenvalue weighted by molar-refractivity contribution is 6.32. The lowest BCUT2D eigenvalue weighted by Gasteiger charge is -2.36. The minimum atomic E-state index is -0.954. The van der Waals surface area contributed by atoms with Gasteiger partial charge in [0.1, 0.15) is 11.5 Å². The predicted molar refractivity (Wildman–Crippen MR) is 118 cm³/mol. The Morgan fingerprint density at radius 2 is 1.69 bits per heavy atom. The zero-order chi connectivity index (χ0) is 23.4. The summed E-state index contributed by atoms with van der Waals surface area (Å²) >= 11 is 6.28. The summed E-state index contributed by atoms with van der Waals surface area (Å²) in [5.74, 6) is -2.50. The van der Waals surface area contributed by atoms with E-state index in [2.05, 4.69) is 6.07 Å². The summed E-state index contributed by atoms with van der Waals surface area (Å²) in [6, 6.07) is 15.6. The van der Waals surface area contributed by atoms with E-state index < -0.39 is 17.9 Å². The van der Waals surface area contributed by atoms with Gasteiger partial charge in [-0.3, -0.25) is 4.90 Å². The highest BCUT2D eigenvalue weighted by Crippen LogP contribution is 2.46. The van der Waals surface area contributed by atoms with Gasteiger partial charge >= 0.3 is 11.9 Å². The van der Waals surface area contributed by atoms with E-state index in [9.17, 15) is 14.9 Å². The largest absolute Gasteiger partial charge is 0.493 e. The second-order valence-electron chi connectivity index (χ2n) is 6.63. The first-order valence-corrected chi connectivity index (χ1v) is 9.77. The lowest BCUT2D eigenvalue weighted by Crippen LogP contribution is -2.41. The molecular weight excluding hydrogens is 434 g/mol.